The van der Waals surface area contributed by atoms with E-state index in [1.54, 1.807) is 24.3 Å². The summed E-state index contributed by atoms with van der Waals surface area (Å²) in [4.78, 5) is 34.5. The van der Waals surface area contributed by atoms with Crippen molar-refractivity contribution < 1.29 is 18.8 Å². The number of halogens is 1. The molecule has 24 heavy (non-hydrogen) atoms. The number of rotatable bonds is 4. The van der Waals surface area contributed by atoms with E-state index in [9.17, 15) is 18.8 Å². The van der Waals surface area contributed by atoms with Gasteiger partial charge >= 0.3 is 0 Å². The minimum atomic E-state index is -0.538. The zero-order chi connectivity index (χ0) is 17.5. The van der Waals surface area contributed by atoms with Crippen LogP contribution in [0.15, 0.2) is 48.5 Å². The fourth-order valence-electron chi connectivity index (χ4n) is 1.94. The quantitative estimate of drug-likeness (QED) is 0.747. The number of nitrogens with one attached hydrogen (secondary N) is 3. The largest absolute Gasteiger partial charge is 0.326 e. The third kappa shape index (κ3) is 5.20. The molecule has 0 saturated heterocycles. The van der Waals surface area contributed by atoms with Crippen LogP contribution in [-0.4, -0.2) is 17.7 Å². The zero-order valence-electron chi connectivity index (χ0n) is 12.9. The van der Waals surface area contributed by atoms with Crippen LogP contribution in [0.5, 0.6) is 0 Å². The van der Waals surface area contributed by atoms with Gasteiger partial charge in [0.1, 0.15) is 5.82 Å². The Hall–Kier alpha value is -3.22. The van der Waals surface area contributed by atoms with E-state index in [4.69, 9.17) is 0 Å². The maximum Gasteiger partial charge on any atom is 0.269 e. The molecule has 7 heteroatoms. The van der Waals surface area contributed by atoms with Crippen molar-refractivity contribution >= 4 is 23.4 Å². The van der Waals surface area contributed by atoms with Gasteiger partial charge in [0.15, 0.2) is 0 Å². The van der Waals surface area contributed by atoms with Crippen molar-refractivity contribution in [2.24, 2.45) is 0 Å². The number of carbonyl (C=O) groups is 3. The molecule has 2 aromatic rings. The van der Waals surface area contributed by atoms with Crippen LogP contribution in [-0.2, 0) is 16.0 Å². The summed E-state index contributed by atoms with van der Waals surface area (Å²) < 4.78 is 12.8. The van der Waals surface area contributed by atoms with Crippen LogP contribution in [0.3, 0.4) is 0 Å². The number of amides is 3. The van der Waals surface area contributed by atoms with E-state index in [1.165, 1.54) is 19.1 Å². The number of hydrogen-bond donors (Lipinski definition) is 3. The molecule has 0 radical (unpaired) electrons. The standard InChI is InChI=1S/C17H16FN3O3/c1-11(22)19-15-8-2-12(3-9-15)10-16(23)20-21-17(24)13-4-6-14(18)7-5-13/h2-9H,10H2,1H3,(H,19,22)(H,20,23)(H,21,24). The summed E-state index contributed by atoms with van der Waals surface area (Å²) in [6.45, 7) is 1.41. The lowest BCUT2D eigenvalue weighted by molar-refractivity contribution is -0.121. The van der Waals surface area contributed by atoms with Gasteiger partial charge in [0, 0.05) is 18.2 Å². The Bertz CT molecular complexity index is 743. The van der Waals surface area contributed by atoms with Gasteiger partial charge in [-0.2, -0.15) is 0 Å². The van der Waals surface area contributed by atoms with Crippen molar-refractivity contribution in [2.45, 2.75) is 13.3 Å². The number of hydrazine groups is 1. The summed E-state index contributed by atoms with van der Waals surface area (Å²) in [5.41, 5.74) is 6.14. The van der Waals surface area contributed by atoms with Crippen LogP contribution in [0.4, 0.5) is 10.1 Å². The lowest BCUT2D eigenvalue weighted by Crippen LogP contribution is -2.42. The lowest BCUT2D eigenvalue weighted by atomic mass is 10.1. The highest BCUT2D eigenvalue weighted by Crippen LogP contribution is 2.10. The zero-order valence-corrected chi connectivity index (χ0v) is 12.9. The van der Waals surface area contributed by atoms with Gasteiger partial charge in [-0.05, 0) is 42.0 Å². The summed E-state index contributed by atoms with van der Waals surface area (Å²) in [5, 5.41) is 2.62. The van der Waals surface area contributed by atoms with Crippen LogP contribution < -0.4 is 16.2 Å². The number of anilines is 1. The van der Waals surface area contributed by atoms with Crippen molar-refractivity contribution in [3.63, 3.8) is 0 Å². The lowest BCUT2D eigenvalue weighted by Gasteiger charge is -2.08. The molecule has 0 atom stereocenters. The summed E-state index contributed by atoms with van der Waals surface area (Å²) in [7, 11) is 0. The van der Waals surface area contributed by atoms with Crippen molar-refractivity contribution in [2.75, 3.05) is 5.32 Å². The molecule has 6 nitrogen and oxygen atoms in total. The van der Waals surface area contributed by atoms with Crippen molar-refractivity contribution in [3.05, 3.63) is 65.5 Å². The molecule has 124 valence electrons. The second-order valence-electron chi connectivity index (χ2n) is 5.06. The third-order valence-electron chi connectivity index (χ3n) is 3.06. The average molecular weight is 329 g/mol. The Kier molecular flexibility index (Phi) is 5.62. The maximum atomic E-state index is 12.8. The summed E-state index contributed by atoms with van der Waals surface area (Å²) in [6.07, 6.45) is 0.0596. The molecule has 2 aromatic carbocycles. The predicted octanol–water partition coefficient (Wildman–Crippen LogP) is 1.79. The highest BCUT2D eigenvalue weighted by atomic mass is 19.1. The highest BCUT2D eigenvalue weighted by Gasteiger charge is 2.08. The van der Waals surface area contributed by atoms with E-state index in [0.717, 1.165) is 17.7 Å². The minimum absolute atomic E-state index is 0.0596. The first-order valence-corrected chi connectivity index (χ1v) is 7.15. The Morgan fingerprint density at radius 3 is 2.12 bits per heavy atom. The van der Waals surface area contributed by atoms with E-state index < -0.39 is 17.6 Å². The van der Waals surface area contributed by atoms with Gasteiger partial charge in [-0.3, -0.25) is 25.2 Å². The fraction of sp³-hybridized carbons (Fsp3) is 0.118. The molecule has 0 fully saturated rings. The molecule has 0 unspecified atom stereocenters. The van der Waals surface area contributed by atoms with E-state index in [0.29, 0.717) is 5.69 Å². The molecule has 0 spiro atoms. The van der Waals surface area contributed by atoms with Gasteiger partial charge in [-0.25, -0.2) is 4.39 Å². The molecule has 2 rings (SSSR count). The van der Waals surface area contributed by atoms with Gasteiger partial charge in [0.25, 0.3) is 5.91 Å². The SMILES string of the molecule is CC(=O)Nc1ccc(CC(=O)NNC(=O)c2ccc(F)cc2)cc1. The first kappa shape index (κ1) is 17.1. The van der Waals surface area contributed by atoms with E-state index in [1.807, 2.05) is 0 Å². The third-order valence-corrected chi connectivity index (χ3v) is 3.06. The summed E-state index contributed by atoms with van der Waals surface area (Å²) in [6, 6.07) is 11.7. The Morgan fingerprint density at radius 2 is 1.54 bits per heavy atom. The number of benzene rings is 2. The summed E-state index contributed by atoms with van der Waals surface area (Å²) >= 11 is 0. The Morgan fingerprint density at radius 1 is 0.917 bits per heavy atom. The molecule has 3 amide bonds. The molecule has 0 heterocycles. The normalized spacial score (nSPS) is 9.92. The minimum Gasteiger partial charge on any atom is -0.326 e. The molecule has 0 aromatic heterocycles. The maximum absolute atomic E-state index is 12.8. The van der Waals surface area contributed by atoms with E-state index in [2.05, 4.69) is 16.2 Å². The molecule has 0 aliphatic rings. The van der Waals surface area contributed by atoms with Crippen LogP contribution in [0, 0.1) is 5.82 Å². The van der Waals surface area contributed by atoms with Gasteiger partial charge in [0.05, 0.1) is 6.42 Å². The average Bonchev–Trinajstić information content (AvgIpc) is 2.54. The topological polar surface area (TPSA) is 87.3 Å². The molecule has 0 aliphatic carbocycles. The van der Waals surface area contributed by atoms with Crippen LogP contribution in [0.2, 0.25) is 0 Å². The van der Waals surface area contributed by atoms with Crippen molar-refractivity contribution in [3.8, 4) is 0 Å². The van der Waals surface area contributed by atoms with Crippen molar-refractivity contribution in [1.29, 1.82) is 0 Å². The molecule has 0 bridgehead atoms. The molecule has 3 N–H and O–H groups in total. The van der Waals surface area contributed by atoms with Crippen molar-refractivity contribution in [1.82, 2.24) is 10.9 Å². The van der Waals surface area contributed by atoms with E-state index >= 15 is 0 Å². The number of hydrogen-bond acceptors (Lipinski definition) is 3. The van der Waals surface area contributed by atoms with E-state index in [-0.39, 0.29) is 17.9 Å². The first-order valence-electron chi connectivity index (χ1n) is 7.15. The smallest absolute Gasteiger partial charge is 0.269 e. The van der Waals surface area contributed by atoms with Gasteiger partial charge in [-0.15, -0.1) is 0 Å². The Labute approximate surface area is 138 Å². The second kappa shape index (κ2) is 7.87. The predicted molar refractivity (Wildman–Crippen MR) is 86.5 cm³/mol. The monoisotopic (exact) mass is 329 g/mol. The fourth-order valence-corrected chi connectivity index (χ4v) is 1.94. The highest BCUT2D eigenvalue weighted by molar-refractivity contribution is 5.95. The molecule has 0 aliphatic heterocycles. The van der Waals surface area contributed by atoms with Gasteiger partial charge in [0.2, 0.25) is 11.8 Å². The van der Waals surface area contributed by atoms with Gasteiger partial charge < -0.3 is 5.32 Å². The first-order chi connectivity index (χ1) is 11.4. The second-order valence-corrected chi connectivity index (χ2v) is 5.06. The van der Waals surface area contributed by atoms with Crippen LogP contribution in [0.25, 0.3) is 0 Å². The van der Waals surface area contributed by atoms with Crippen LogP contribution in [0.1, 0.15) is 22.8 Å². The number of carbonyl (C=O) groups excluding carboxylic acids is 3. The van der Waals surface area contributed by atoms with Crippen LogP contribution >= 0.6 is 0 Å². The van der Waals surface area contributed by atoms with Gasteiger partial charge in [-0.1, -0.05) is 12.1 Å². The molecular formula is C17H16FN3O3. The summed E-state index contributed by atoms with van der Waals surface area (Å²) in [5.74, 6) is -1.57. The Balaban J connectivity index is 1.83. The molecule has 0 saturated carbocycles. The molecular weight excluding hydrogens is 313 g/mol.